The van der Waals surface area contributed by atoms with Crippen molar-refractivity contribution in [3.05, 3.63) is 48.0 Å². The zero-order valence-corrected chi connectivity index (χ0v) is 10.2. The summed E-state index contributed by atoms with van der Waals surface area (Å²) >= 11 is 0. The lowest BCUT2D eigenvalue weighted by atomic mass is 10.2. The molecule has 1 N–H and O–H groups in total. The van der Waals surface area contributed by atoms with E-state index in [2.05, 4.69) is 15.3 Å². The number of aryl methyl sites for hydroxylation is 1. The van der Waals surface area contributed by atoms with Gasteiger partial charge in [0, 0.05) is 6.20 Å². The lowest BCUT2D eigenvalue weighted by molar-refractivity contribution is 0.102. The molecule has 0 bridgehead atoms. The van der Waals surface area contributed by atoms with Crippen LogP contribution in [0.5, 0.6) is 5.75 Å². The van der Waals surface area contributed by atoms with E-state index in [0.29, 0.717) is 23.0 Å². The number of para-hydroxylation sites is 2. The van der Waals surface area contributed by atoms with E-state index in [1.807, 2.05) is 12.1 Å². The van der Waals surface area contributed by atoms with Gasteiger partial charge < -0.3 is 10.1 Å². The smallest absolute Gasteiger partial charge is 0.274 e. The maximum Gasteiger partial charge on any atom is 0.274 e. The summed E-state index contributed by atoms with van der Waals surface area (Å²) in [5.74, 6) is 0.879. The Hall–Kier alpha value is -2.43. The number of aromatic nitrogens is 2. The van der Waals surface area contributed by atoms with Gasteiger partial charge in [0.25, 0.3) is 5.91 Å². The molecule has 0 spiro atoms. The highest BCUT2D eigenvalue weighted by molar-refractivity contribution is 6.03. The summed E-state index contributed by atoms with van der Waals surface area (Å²) in [5, 5.41) is 2.75. The van der Waals surface area contributed by atoms with Crippen LogP contribution in [-0.4, -0.2) is 23.0 Å². The van der Waals surface area contributed by atoms with E-state index in [1.54, 1.807) is 38.4 Å². The molecular formula is C13H13N3O2. The predicted molar refractivity (Wildman–Crippen MR) is 67.7 cm³/mol. The van der Waals surface area contributed by atoms with Crippen LogP contribution in [0.2, 0.25) is 0 Å². The maximum atomic E-state index is 12.0. The normalized spacial score (nSPS) is 9.89. The number of carbonyl (C=O) groups is 1. The molecule has 18 heavy (non-hydrogen) atoms. The van der Waals surface area contributed by atoms with Crippen LogP contribution in [0, 0.1) is 6.92 Å². The van der Waals surface area contributed by atoms with Crippen LogP contribution in [-0.2, 0) is 0 Å². The molecule has 0 aliphatic heterocycles. The van der Waals surface area contributed by atoms with Crippen molar-refractivity contribution >= 4 is 11.6 Å². The average molecular weight is 243 g/mol. The van der Waals surface area contributed by atoms with Gasteiger partial charge in [-0.3, -0.25) is 4.79 Å². The van der Waals surface area contributed by atoms with E-state index in [1.165, 1.54) is 0 Å². The van der Waals surface area contributed by atoms with E-state index in [9.17, 15) is 4.79 Å². The Bertz CT molecular complexity index is 570. The lowest BCUT2D eigenvalue weighted by Crippen LogP contribution is -2.15. The minimum Gasteiger partial charge on any atom is -0.495 e. The second kappa shape index (κ2) is 5.27. The average Bonchev–Trinajstić information content (AvgIpc) is 2.39. The van der Waals surface area contributed by atoms with Gasteiger partial charge in [-0.2, -0.15) is 0 Å². The van der Waals surface area contributed by atoms with Gasteiger partial charge in [-0.1, -0.05) is 12.1 Å². The molecule has 2 rings (SSSR count). The molecule has 0 fully saturated rings. The topological polar surface area (TPSA) is 64.1 Å². The van der Waals surface area contributed by atoms with Crippen molar-refractivity contribution in [2.75, 3.05) is 12.4 Å². The minimum absolute atomic E-state index is 0.287. The highest BCUT2D eigenvalue weighted by Gasteiger charge is 2.10. The van der Waals surface area contributed by atoms with Crippen molar-refractivity contribution in [1.29, 1.82) is 0 Å². The van der Waals surface area contributed by atoms with Crippen molar-refractivity contribution in [3.8, 4) is 5.75 Å². The van der Waals surface area contributed by atoms with Crippen molar-refractivity contribution < 1.29 is 9.53 Å². The molecule has 0 saturated heterocycles. The molecule has 92 valence electrons. The number of hydrogen-bond acceptors (Lipinski definition) is 4. The van der Waals surface area contributed by atoms with Gasteiger partial charge in [0.15, 0.2) is 0 Å². The van der Waals surface area contributed by atoms with Crippen LogP contribution in [0.4, 0.5) is 5.69 Å². The molecule has 0 unspecified atom stereocenters. The lowest BCUT2D eigenvalue weighted by Gasteiger charge is -2.09. The zero-order valence-electron chi connectivity index (χ0n) is 10.2. The summed E-state index contributed by atoms with van der Waals surface area (Å²) in [5.41, 5.74) is 0.940. The van der Waals surface area contributed by atoms with Crippen LogP contribution in [0.3, 0.4) is 0 Å². The van der Waals surface area contributed by atoms with E-state index in [0.717, 1.165) is 0 Å². The van der Waals surface area contributed by atoms with Crippen LogP contribution in [0.1, 0.15) is 16.3 Å². The first-order valence-electron chi connectivity index (χ1n) is 5.44. The SMILES string of the molecule is COc1ccccc1NC(=O)c1ccnc(C)n1. The van der Waals surface area contributed by atoms with Crippen LogP contribution >= 0.6 is 0 Å². The van der Waals surface area contributed by atoms with Crippen LogP contribution < -0.4 is 10.1 Å². The van der Waals surface area contributed by atoms with Crippen molar-refractivity contribution in [2.24, 2.45) is 0 Å². The van der Waals surface area contributed by atoms with Crippen molar-refractivity contribution in [1.82, 2.24) is 9.97 Å². The molecule has 0 saturated carbocycles. The number of benzene rings is 1. The van der Waals surface area contributed by atoms with E-state index in [-0.39, 0.29) is 5.91 Å². The van der Waals surface area contributed by atoms with E-state index in [4.69, 9.17) is 4.74 Å². The summed E-state index contributed by atoms with van der Waals surface area (Å²) in [4.78, 5) is 20.0. The van der Waals surface area contributed by atoms with Gasteiger partial charge in [-0.05, 0) is 25.1 Å². The second-order valence-corrected chi connectivity index (χ2v) is 3.64. The van der Waals surface area contributed by atoms with Gasteiger partial charge in [-0.15, -0.1) is 0 Å². The van der Waals surface area contributed by atoms with E-state index >= 15 is 0 Å². The summed E-state index contributed by atoms with van der Waals surface area (Å²) in [6, 6.07) is 8.77. The number of amides is 1. The summed E-state index contributed by atoms with van der Waals surface area (Å²) in [6.45, 7) is 1.74. The molecule has 0 aliphatic rings. The number of carbonyl (C=O) groups excluding carboxylic acids is 1. The molecule has 1 aromatic heterocycles. The van der Waals surface area contributed by atoms with E-state index < -0.39 is 0 Å². The van der Waals surface area contributed by atoms with Crippen molar-refractivity contribution in [3.63, 3.8) is 0 Å². The summed E-state index contributed by atoms with van der Waals surface area (Å²) < 4.78 is 5.16. The van der Waals surface area contributed by atoms with Crippen LogP contribution in [0.25, 0.3) is 0 Å². The minimum atomic E-state index is -0.287. The first kappa shape index (κ1) is 12.0. The molecule has 2 aromatic rings. The summed E-state index contributed by atoms with van der Waals surface area (Å²) in [7, 11) is 1.56. The largest absolute Gasteiger partial charge is 0.495 e. The number of hydrogen-bond donors (Lipinski definition) is 1. The van der Waals surface area contributed by atoms with Gasteiger partial charge in [0.2, 0.25) is 0 Å². The highest BCUT2D eigenvalue weighted by Crippen LogP contribution is 2.23. The molecule has 1 aromatic carbocycles. The zero-order chi connectivity index (χ0) is 13.0. The monoisotopic (exact) mass is 243 g/mol. The number of methoxy groups -OCH3 is 1. The third kappa shape index (κ3) is 2.63. The first-order valence-corrected chi connectivity index (χ1v) is 5.44. The number of ether oxygens (including phenoxy) is 1. The molecule has 0 aliphatic carbocycles. The van der Waals surface area contributed by atoms with Gasteiger partial charge in [0.1, 0.15) is 17.3 Å². The third-order valence-electron chi connectivity index (χ3n) is 2.36. The maximum absolute atomic E-state index is 12.0. The summed E-state index contributed by atoms with van der Waals surface area (Å²) in [6.07, 6.45) is 1.56. The first-order chi connectivity index (χ1) is 8.70. The fraction of sp³-hybridized carbons (Fsp3) is 0.154. The fourth-order valence-electron chi connectivity index (χ4n) is 1.52. The molecule has 5 nitrogen and oxygen atoms in total. The Morgan fingerprint density at radius 1 is 1.28 bits per heavy atom. The molecular weight excluding hydrogens is 230 g/mol. The second-order valence-electron chi connectivity index (χ2n) is 3.64. The number of anilines is 1. The quantitative estimate of drug-likeness (QED) is 0.896. The molecule has 0 radical (unpaired) electrons. The Kier molecular flexibility index (Phi) is 3.52. The molecule has 0 atom stereocenters. The number of rotatable bonds is 3. The fourth-order valence-corrected chi connectivity index (χ4v) is 1.52. The highest BCUT2D eigenvalue weighted by atomic mass is 16.5. The Labute approximate surface area is 105 Å². The van der Waals surface area contributed by atoms with Gasteiger partial charge >= 0.3 is 0 Å². The molecule has 5 heteroatoms. The van der Waals surface area contributed by atoms with Gasteiger partial charge in [0.05, 0.1) is 12.8 Å². The predicted octanol–water partition coefficient (Wildman–Crippen LogP) is 2.05. The molecule has 1 heterocycles. The Morgan fingerprint density at radius 2 is 2.06 bits per heavy atom. The van der Waals surface area contributed by atoms with Crippen LogP contribution in [0.15, 0.2) is 36.5 Å². The number of nitrogens with zero attached hydrogens (tertiary/aromatic N) is 2. The number of nitrogens with one attached hydrogen (secondary N) is 1. The molecule has 1 amide bonds. The Balaban J connectivity index is 2.21. The van der Waals surface area contributed by atoms with Crippen molar-refractivity contribution in [2.45, 2.75) is 6.92 Å². The van der Waals surface area contributed by atoms with Gasteiger partial charge in [-0.25, -0.2) is 9.97 Å². The third-order valence-corrected chi connectivity index (χ3v) is 2.36. The standard InChI is InChI=1S/C13H13N3O2/c1-9-14-8-7-11(15-9)13(17)16-10-5-3-4-6-12(10)18-2/h3-8H,1-2H3,(H,16,17). The Morgan fingerprint density at radius 3 is 2.78 bits per heavy atom.